The Labute approximate surface area is 147 Å². The average Bonchev–Trinajstić information content (AvgIpc) is 2.47. The van der Waals surface area contributed by atoms with E-state index >= 15 is 0 Å². The predicted molar refractivity (Wildman–Crippen MR) is 99.5 cm³/mol. The first-order chi connectivity index (χ1) is 10.9. The Balaban J connectivity index is 1.91. The van der Waals surface area contributed by atoms with Crippen LogP contribution in [0.5, 0.6) is 0 Å². The van der Waals surface area contributed by atoms with Gasteiger partial charge in [-0.1, -0.05) is 72.2 Å². The third kappa shape index (κ3) is 5.51. The number of hydrogen-bond acceptors (Lipinski definition) is 1. The highest BCUT2D eigenvalue weighted by Crippen LogP contribution is 2.28. The summed E-state index contributed by atoms with van der Waals surface area (Å²) in [6.07, 6.45) is 1.32. The predicted octanol–water partition coefficient (Wildman–Crippen LogP) is 4.86. The average molecular weight is 374 g/mol. The topological polar surface area (TPSA) is 29.1 Å². The number of nitrogens with one attached hydrogen (secondary N) is 1. The number of amides is 1. The Morgan fingerprint density at radius 2 is 1.83 bits per heavy atom. The largest absolute Gasteiger partial charge is 0.353 e. The first-order valence-corrected chi connectivity index (χ1v) is 8.75. The molecule has 0 spiro atoms. The van der Waals surface area contributed by atoms with Crippen LogP contribution in [-0.2, 0) is 16.6 Å². The Morgan fingerprint density at radius 3 is 2.48 bits per heavy atom. The van der Waals surface area contributed by atoms with Crippen LogP contribution in [0.3, 0.4) is 0 Å². The molecule has 0 saturated carbocycles. The van der Waals surface area contributed by atoms with Gasteiger partial charge in [0.05, 0.1) is 6.42 Å². The normalized spacial score (nSPS) is 12.7. The van der Waals surface area contributed by atoms with Crippen molar-refractivity contribution in [3.05, 3.63) is 70.2 Å². The van der Waals surface area contributed by atoms with E-state index in [-0.39, 0.29) is 17.4 Å². The van der Waals surface area contributed by atoms with Crippen molar-refractivity contribution < 1.29 is 4.79 Å². The fourth-order valence-corrected chi connectivity index (χ4v) is 3.43. The van der Waals surface area contributed by atoms with Gasteiger partial charge in [0.1, 0.15) is 0 Å². The third-order valence-corrected chi connectivity index (χ3v) is 4.53. The monoisotopic (exact) mass is 373 g/mol. The van der Waals surface area contributed by atoms with E-state index in [0.717, 1.165) is 16.5 Å². The van der Waals surface area contributed by atoms with Gasteiger partial charge in [-0.15, -0.1) is 0 Å². The van der Waals surface area contributed by atoms with Gasteiger partial charge in [-0.05, 0) is 42.0 Å². The van der Waals surface area contributed by atoms with Gasteiger partial charge in [0.15, 0.2) is 0 Å². The molecule has 23 heavy (non-hydrogen) atoms. The van der Waals surface area contributed by atoms with Crippen LogP contribution in [0.4, 0.5) is 0 Å². The standard InChI is InChI=1S/C20H24BrNO/c1-15(14-20(2,3)17-9-5-4-6-10-17)22-19(23)13-16-8-7-11-18(21)12-16/h4-12,15H,13-14H2,1-3H3,(H,22,23)/t15-/m1/s1. The third-order valence-electron chi connectivity index (χ3n) is 4.03. The molecule has 2 aromatic carbocycles. The maximum Gasteiger partial charge on any atom is 0.224 e. The smallest absolute Gasteiger partial charge is 0.224 e. The van der Waals surface area contributed by atoms with Crippen LogP contribution in [0, 0.1) is 0 Å². The summed E-state index contributed by atoms with van der Waals surface area (Å²) in [5.41, 5.74) is 2.35. The number of benzene rings is 2. The van der Waals surface area contributed by atoms with Gasteiger partial charge in [-0.2, -0.15) is 0 Å². The molecule has 1 N–H and O–H groups in total. The van der Waals surface area contributed by atoms with Gasteiger partial charge < -0.3 is 5.32 Å². The van der Waals surface area contributed by atoms with Crippen LogP contribution in [0.25, 0.3) is 0 Å². The first-order valence-electron chi connectivity index (χ1n) is 7.96. The molecule has 0 aliphatic rings. The fraction of sp³-hybridized carbons (Fsp3) is 0.350. The van der Waals surface area contributed by atoms with Crippen LogP contribution in [-0.4, -0.2) is 11.9 Å². The lowest BCUT2D eigenvalue weighted by Gasteiger charge is -2.29. The Morgan fingerprint density at radius 1 is 1.13 bits per heavy atom. The summed E-state index contributed by atoms with van der Waals surface area (Å²) in [4.78, 5) is 12.2. The highest BCUT2D eigenvalue weighted by atomic mass is 79.9. The van der Waals surface area contributed by atoms with Gasteiger partial charge in [0.2, 0.25) is 5.91 Å². The minimum Gasteiger partial charge on any atom is -0.353 e. The number of carbonyl (C=O) groups excluding carboxylic acids is 1. The molecule has 3 heteroatoms. The van der Waals surface area contributed by atoms with Gasteiger partial charge in [0.25, 0.3) is 0 Å². The Bertz CT molecular complexity index is 652. The highest BCUT2D eigenvalue weighted by molar-refractivity contribution is 9.10. The number of carbonyl (C=O) groups is 1. The van der Waals surface area contributed by atoms with E-state index in [1.54, 1.807) is 0 Å². The summed E-state index contributed by atoms with van der Waals surface area (Å²) < 4.78 is 1.00. The summed E-state index contributed by atoms with van der Waals surface area (Å²) >= 11 is 3.44. The molecule has 2 rings (SSSR count). The molecule has 0 bridgehead atoms. The molecule has 0 fully saturated rings. The molecule has 122 valence electrons. The zero-order chi connectivity index (χ0) is 16.9. The summed E-state index contributed by atoms with van der Waals surface area (Å²) in [6, 6.07) is 18.5. The van der Waals surface area contributed by atoms with E-state index in [0.29, 0.717) is 6.42 Å². The lowest BCUT2D eigenvalue weighted by atomic mass is 9.79. The molecule has 0 saturated heterocycles. The zero-order valence-electron chi connectivity index (χ0n) is 14.0. The van der Waals surface area contributed by atoms with Crippen molar-refractivity contribution in [2.45, 2.75) is 45.1 Å². The maximum absolute atomic E-state index is 12.2. The Kier molecular flexibility index (Phi) is 6.00. The lowest BCUT2D eigenvalue weighted by Crippen LogP contribution is -2.38. The van der Waals surface area contributed by atoms with Gasteiger partial charge >= 0.3 is 0 Å². The minimum atomic E-state index is 0.0315. The van der Waals surface area contributed by atoms with E-state index in [4.69, 9.17) is 0 Å². The van der Waals surface area contributed by atoms with Crippen molar-refractivity contribution >= 4 is 21.8 Å². The second-order valence-corrected chi connectivity index (χ2v) is 7.64. The van der Waals surface area contributed by atoms with E-state index in [9.17, 15) is 4.79 Å². The van der Waals surface area contributed by atoms with Crippen molar-refractivity contribution in [2.24, 2.45) is 0 Å². The highest BCUT2D eigenvalue weighted by Gasteiger charge is 2.23. The van der Waals surface area contributed by atoms with Gasteiger partial charge in [0, 0.05) is 10.5 Å². The lowest BCUT2D eigenvalue weighted by molar-refractivity contribution is -0.121. The molecule has 1 amide bonds. The van der Waals surface area contributed by atoms with Crippen LogP contribution in [0.1, 0.15) is 38.3 Å². The van der Waals surface area contributed by atoms with E-state index in [2.05, 4.69) is 66.3 Å². The molecule has 0 aliphatic heterocycles. The second kappa shape index (κ2) is 7.78. The van der Waals surface area contributed by atoms with Crippen molar-refractivity contribution in [3.8, 4) is 0 Å². The maximum atomic E-state index is 12.2. The molecular formula is C20H24BrNO. The molecular weight excluding hydrogens is 350 g/mol. The molecule has 0 aromatic heterocycles. The molecule has 0 aliphatic carbocycles. The van der Waals surface area contributed by atoms with Gasteiger partial charge in [-0.25, -0.2) is 0 Å². The molecule has 0 heterocycles. The van der Waals surface area contributed by atoms with Crippen LogP contribution in [0.15, 0.2) is 59.1 Å². The van der Waals surface area contributed by atoms with Crippen molar-refractivity contribution in [3.63, 3.8) is 0 Å². The van der Waals surface area contributed by atoms with Crippen molar-refractivity contribution in [2.75, 3.05) is 0 Å². The summed E-state index contributed by atoms with van der Waals surface area (Å²) in [5, 5.41) is 3.12. The number of halogens is 1. The fourth-order valence-electron chi connectivity index (χ4n) is 2.98. The number of hydrogen-bond donors (Lipinski definition) is 1. The summed E-state index contributed by atoms with van der Waals surface area (Å²) in [5.74, 6) is 0.0689. The molecule has 2 nitrogen and oxygen atoms in total. The minimum absolute atomic E-state index is 0.0315. The van der Waals surface area contributed by atoms with Crippen LogP contribution < -0.4 is 5.32 Å². The molecule has 0 radical (unpaired) electrons. The van der Waals surface area contributed by atoms with E-state index in [1.165, 1.54) is 5.56 Å². The number of rotatable bonds is 6. The zero-order valence-corrected chi connectivity index (χ0v) is 15.6. The molecule has 2 aromatic rings. The SMILES string of the molecule is C[C@H](CC(C)(C)c1ccccc1)NC(=O)Cc1cccc(Br)c1. The van der Waals surface area contributed by atoms with Crippen molar-refractivity contribution in [1.82, 2.24) is 5.32 Å². The Hall–Kier alpha value is -1.61. The molecule has 1 atom stereocenters. The molecule has 0 unspecified atom stereocenters. The summed E-state index contributed by atoms with van der Waals surface area (Å²) in [6.45, 7) is 6.52. The van der Waals surface area contributed by atoms with E-state index < -0.39 is 0 Å². The van der Waals surface area contributed by atoms with Crippen LogP contribution in [0.2, 0.25) is 0 Å². The first kappa shape index (κ1) is 17.7. The van der Waals surface area contributed by atoms with Crippen LogP contribution >= 0.6 is 15.9 Å². The van der Waals surface area contributed by atoms with E-state index in [1.807, 2.05) is 30.3 Å². The summed E-state index contributed by atoms with van der Waals surface area (Å²) in [7, 11) is 0. The van der Waals surface area contributed by atoms with Gasteiger partial charge in [-0.3, -0.25) is 4.79 Å². The van der Waals surface area contributed by atoms with Crippen molar-refractivity contribution in [1.29, 1.82) is 0 Å². The quantitative estimate of drug-likeness (QED) is 0.768. The second-order valence-electron chi connectivity index (χ2n) is 6.73.